The Morgan fingerprint density at radius 2 is 2.04 bits per heavy atom. The van der Waals surface area contributed by atoms with E-state index in [0.717, 1.165) is 25.7 Å². The van der Waals surface area contributed by atoms with Crippen molar-refractivity contribution >= 4 is 17.8 Å². The van der Waals surface area contributed by atoms with Crippen molar-refractivity contribution in [3.05, 3.63) is 0 Å². The molecule has 7 nitrogen and oxygen atoms in total. The molecular formula is C16H28N2O5. The molecule has 1 rings (SSSR count). The van der Waals surface area contributed by atoms with Gasteiger partial charge in [0.25, 0.3) is 0 Å². The number of hydrogen-bond acceptors (Lipinski definition) is 5. The Labute approximate surface area is 136 Å². The number of esters is 1. The number of hydrogen-bond donors (Lipinski definition) is 3. The van der Waals surface area contributed by atoms with E-state index < -0.39 is 30.4 Å². The number of carbonyl (C=O) groups excluding carboxylic acids is 2. The van der Waals surface area contributed by atoms with Crippen LogP contribution in [0, 0.1) is 11.3 Å². The minimum atomic E-state index is -1.13. The Hall–Kier alpha value is -1.63. The molecule has 7 heteroatoms. The van der Waals surface area contributed by atoms with Gasteiger partial charge in [0.1, 0.15) is 6.61 Å². The molecule has 0 heterocycles. The summed E-state index contributed by atoms with van der Waals surface area (Å²) in [6.45, 7) is 6.04. The normalized spacial score (nSPS) is 22.7. The van der Waals surface area contributed by atoms with E-state index in [1.807, 2.05) is 0 Å². The SMILES string of the molecule is C[C@@H](COC(=O)C1CCCC(C)(C)C1)NC(=O)[C@H](N)CC(=O)O. The third kappa shape index (κ3) is 6.99. The fourth-order valence-electron chi connectivity index (χ4n) is 2.90. The van der Waals surface area contributed by atoms with E-state index in [-0.39, 0.29) is 23.9 Å². The summed E-state index contributed by atoms with van der Waals surface area (Å²) in [6.07, 6.45) is 3.35. The third-order valence-electron chi connectivity index (χ3n) is 4.13. The molecule has 1 aliphatic rings. The number of nitrogens with two attached hydrogens (primary N) is 1. The van der Waals surface area contributed by atoms with Gasteiger partial charge in [-0.05, 0) is 31.6 Å². The average molecular weight is 328 g/mol. The van der Waals surface area contributed by atoms with E-state index >= 15 is 0 Å². The number of rotatable bonds is 7. The Balaban J connectivity index is 2.35. The van der Waals surface area contributed by atoms with Crippen molar-refractivity contribution in [2.75, 3.05) is 6.61 Å². The monoisotopic (exact) mass is 328 g/mol. The van der Waals surface area contributed by atoms with E-state index in [1.165, 1.54) is 0 Å². The molecule has 132 valence electrons. The fourth-order valence-corrected chi connectivity index (χ4v) is 2.90. The Morgan fingerprint density at radius 3 is 2.61 bits per heavy atom. The van der Waals surface area contributed by atoms with Crippen molar-refractivity contribution < 1.29 is 24.2 Å². The van der Waals surface area contributed by atoms with Gasteiger partial charge < -0.3 is 20.9 Å². The molecule has 0 aromatic carbocycles. The molecule has 1 fully saturated rings. The largest absolute Gasteiger partial charge is 0.481 e. The predicted octanol–water partition coefficient (Wildman–Crippen LogP) is 1.05. The van der Waals surface area contributed by atoms with Gasteiger partial charge in [-0.3, -0.25) is 14.4 Å². The van der Waals surface area contributed by atoms with Crippen LogP contribution in [0.5, 0.6) is 0 Å². The maximum absolute atomic E-state index is 12.1. The van der Waals surface area contributed by atoms with Crippen molar-refractivity contribution in [3.8, 4) is 0 Å². The third-order valence-corrected chi connectivity index (χ3v) is 4.13. The Bertz CT molecular complexity index is 450. The summed E-state index contributed by atoms with van der Waals surface area (Å²) >= 11 is 0. The molecule has 0 radical (unpaired) electrons. The summed E-state index contributed by atoms with van der Waals surface area (Å²) in [4.78, 5) is 34.3. The number of aliphatic carboxylic acids is 1. The highest BCUT2D eigenvalue weighted by molar-refractivity contribution is 5.86. The van der Waals surface area contributed by atoms with Crippen LogP contribution in [-0.4, -0.2) is 41.6 Å². The van der Waals surface area contributed by atoms with Crippen LogP contribution in [0.2, 0.25) is 0 Å². The zero-order valence-electron chi connectivity index (χ0n) is 14.1. The number of ether oxygens (including phenoxy) is 1. The van der Waals surface area contributed by atoms with E-state index in [2.05, 4.69) is 19.2 Å². The highest BCUT2D eigenvalue weighted by Gasteiger charge is 2.33. The summed E-state index contributed by atoms with van der Waals surface area (Å²) in [5.41, 5.74) is 5.63. The highest BCUT2D eigenvalue weighted by Crippen LogP contribution is 2.38. The molecule has 1 unspecified atom stereocenters. The van der Waals surface area contributed by atoms with Crippen LogP contribution < -0.4 is 11.1 Å². The molecule has 23 heavy (non-hydrogen) atoms. The highest BCUT2D eigenvalue weighted by atomic mass is 16.5. The van der Waals surface area contributed by atoms with E-state index in [1.54, 1.807) is 6.92 Å². The minimum Gasteiger partial charge on any atom is -0.481 e. The fraction of sp³-hybridized carbons (Fsp3) is 0.812. The minimum absolute atomic E-state index is 0.0568. The van der Waals surface area contributed by atoms with Gasteiger partial charge in [0, 0.05) is 0 Å². The number of carbonyl (C=O) groups is 3. The zero-order valence-corrected chi connectivity index (χ0v) is 14.1. The molecule has 0 bridgehead atoms. The van der Waals surface area contributed by atoms with Gasteiger partial charge in [-0.2, -0.15) is 0 Å². The van der Waals surface area contributed by atoms with Gasteiger partial charge >= 0.3 is 11.9 Å². The summed E-state index contributed by atoms with van der Waals surface area (Å²) in [6, 6.07) is -1.52. The second-order valence-corrected chi connectivity index (χ2v) is 7.20. The standard InChI is InChI=1S/C16H28N2O5/c1-10(18-14(21)12(17)7-13(19)20)9-23-15(22)11-5-4-6-16(2,3)8-11/h10-12H,4-9,17H2,1-3H3,(H,18,21)(H,19,20)/t10-,11?,12+/m0/s1. The van der Waals surface area contributed by atoms with Gasteiger partial charge in [-0.1, -0.05) is 20.3 Å². The maximum Gasteiger partial charge on any atom is 0.309 e. The van der Waals surface area contributed by atoms with Crippen LogP contribution >= 0.6 is 0 Å². The first-order valence-corrected chi connectivity index (χ1v) is 8.05. The first kappa shape index (κ1) is 19.4. The first-order chi connectivity index (χ1) is 10.6. The Kier molecular flexibility index (Phi) is 7.00. The molecule has 0 aromatic heterocycles. The molecule has 1 saturated carbocycles. The molecular weight excluding hydrogens is 300 g/mol. The second kappa shape index (κ2) is 8.29. The van der Waals surface area contributed by atoms with Crippen molar-refractivity contribution in [3.63, 3.8) is 0 Å². The lowest BCUT2D eigenvalue weighted by atomic mass is 9.72. The molecule has 4 N–H and O–H groups in total. The van der Waals surface area contributed by atoms with Crippen LogP contribution in [0.3, 0.4) is 0 Å². The number of amides is 1. The lowest BCUT2D eigenvalue weighted by Gasteiger charge is -2.34. The molecule has 0 saturated heterocycles. The summed E-state index contributed by atoms with van der Waals surface area (Å²) in [7, 11) is 0. The number of nitrogens with one attached hydrogen (secondary N) is 1. The summed E-state index contributed by atoms with van der Waals surface area (Å²) in [5, 5.41) is 11.2. The van der Waals surface area contributed by atoms with Gasteiger partial charge in [0.2, 0.25) is 5.91 Å². The van der Waals surface area contributed by atoms with E-state index in [0.29, 0.717) is 0 Å². The lowest BCUT2D eigenvalue weighted by molar-refractivity contribution is -0.152. The number of carboxylic acids is 1. The van der Waals surface area contributed by atoms with Gasteiger partial charge in [0.15, 0.2) is 0 Å². The van der Waals surface area contributed by atoms with Crippen molar-refractivity contribution in [2.45, 2.75) is 65.0 Å². The summed E-state index contributed by atoms with van der Waals surface area (Å²) in [5.74, 6) is -2.01. The molecule has 1 amide bonds. The van der Waals surface area contributed by atoms with E-state index in [4.69, 9.17) is 15.6 Å². The average Bonchev–Trinajstić information content (AvgIpc) is 2.42. The molecule has 0 spiro atoms. The molecule has 1 aliphatic carbocycles. The predicted molar refractivity (Wildman–Crippen MR) is 84.5 cm³/mol. The zero-order chi connectivity index (χ0) is 17.6. The van der Waals surface area contributed by atoms with Crippen molar-refractivity contribution in [2.24, 2.45) is 17.1 Å². The van der Waals surface area contributed by atoms with Crippen molar-refractivity contribution in [1.82, 2.24) is 5.32 Å². The first-order valence-electron chi connectivity index (χ1n) is 8.05. The topological polar surface area (TPSA) is 119 Å². The van der Waals surface area contributed by atoms with Crippen LogP contribution in [0.1, 0.15) is 52.9 Å². The molecule has 3 atom stereocenters. The van der Waals surface area contributed by atoms with Gasteiger partial charge in [-0.15, -0.1) is 0 Å². The molecule has 0 aliphatic heterocycles. The quantitative estimate of drug-likeness (QED) is 0.601. The van der Waals surface area contributed by atoms with Crippen LogP contribution in [0.15, 0.2) is 0 Å². The second-order valence-electron chi connectivity index (χ2n) is 7.20. The molecule has 0 aromatic rings. The van der Waals surface area contributed by atoms with Crippen LogP contribution in [-0.2, 0) is 19.1 Å². The van der Waals surface area contributed by atoms with Crippen LogP contribution in [0.4, 0.5) is 0 Å². The number of carboxylic acid groups (broad SMARTS) is 1. The smallest absolute Gasteiger partial charge is 0.309 e. The maximum atomic E-state index is 12.1. The van der Waals surface area contributed by atoms with Gasteiger partial charge in [-0.25, -0.2) is 0 Å². The Morgan fingerprint density at radius 1 is 1.39 bits per heavy atom. The lowest BCUT2D eigenvalue weighted by Crippen LogP contribution is -2.47. The van der Waals surface area contributed by atoms with Crippen molar-refractivity contribution in [1.29, 1.82) is 0 Å². The van der Waals surface area contributed by atoms with Crippen LogP contribution in [0.25, 0.3) is 0 Å². The summed E-state index contributed by atoms with van der Waals surface area (Å²) < 4.78 is 5.29. The van der Waals surface area contributed by atoms with E-state index in [9.17, 15) is 14.4 Å². The van der Waals surface area contributed by atoms with Gasteiger partial charge in [0.05, 0.1) is 24.4 Å².